The molecule has 1 rings (SSSR count). The van der Waals surface area contributed by atoms with E-state index in [9.17, 15) is 9.59 Å². The fraction of sp³-hybridized carbons (Fsp3) is 0.467. The van der Waals surface area contributed by atoms with Gasteiger partial charge in [0.25, 0.3) is 5.91 Å². The predicted molar refractivity (Wildman–Crippen MR) is 77.5 cm³/mol. The van der Waals surface area contributed by atoms with Gasteiger partial charge in [-0.2, -0.15) is 0 Å². The Kier molecular flexibility index (Phi) is 6.68. The van der Waals surface area contributed by atoms with Gasteiger partial charge < -0.3 is 19.5 Å². The molecule has 1 atom stereocenters. The lowest BCUT2D eigenvalue weighted by Gasteiger charge is -2.15. The van der Waals surface area contributed by atoms with Gasteiger partial charge >= 0.3 is 5.97 Å². The van der Waals surface area contributed by atoms with Gasteiger partial charge in [-0.3, -0.25) is 4.79 Å². The summed E-state index contributed by atoms with van der Waals surface area (Å²) in [6, 6.07) is 5.18. The zero-order chi connectivity index (χ0) is 15.8. The van der Waals surface area contributed by atoms with E-state index in [0.717, 1.165) is 5.56 Å². The number of hydrogen-bond donors (Lipinski definition) is 1. The maximum atomic E-state index is 12.1. The number of rotatable bonds is 7. The summed E-state index contributed by atoms with van der Waals surface area (Å²) in [6.45, 7) is 4.14. The molecule has 116 valence electrons. The van der Waals surface area contributed by atoms with Gasteiger partial charge in [0, 0.05) is 13.7 Å². The zero-order valence-corrected chi connectivity index (χ0v) is 12.8. The topological polar surface area (TPSA) is 73.9 Å². The second kappa shape index (κ2) is 8.26. The van der Waals surface area contributed by atoms with Crippen molar-refractivity contribution in [3.63, 3.8) is 0 Å². The minimum atomic E-state index is -0.889. The number of esters is 1. The summed E-state index contributed by atoms with van der Waals surface area (Å²) in [7, 11) is 3.02. The van der Waals surface area contributed by atoms with Gasteiger partial charge in [-0.1, -0.05) is 11.6 Å². The molecule has 1 aromatic rings. The van der Waals surface area contributed by atoms with E-state index in [1.165, 1.54) is 14.0 Å². The van der Waals surface area contributed by atoms with E-state index in [0.29, 0.717) is 24.5 Å². The van der Waals surface area contributed by atoms with Crippen LogP contribution in [0.25, 0.3) is 0 Å². The van der Waals surface area contributed by atoms with E-state index in [4.69, 9.17) is 14.2 Å². The Morgan fingerprint density at radius 3 is 2.62 bits per heavy atom. The van der Waals surface area contributed by atoms with Crippen molar-refractivity contribution in [3.05, 3.63) is 29.3 Å². The molecule has 0 saturated heterocycles. The molecule has 0 aromatic heterocycles. The first kappa shape index (κ1) is 17.0. The van der Waals surface area contributed by atoms with E-state index >= 15 is 0 Å². The van der Waals surface area contributed by atoms with Crippen LogP contribution in [0.1, 0.15) is 22.8 Å². The van der Waals surface area contributed by atoms with Gasteiger partial charge in [0.15, 0.2) is 6.10 Å². The number of ether oxygens (including phenoxy) is 3. The molecule has 0 aliphatic carbocycles. The third-order valence-corrected chi connectivity index (χ3v) is 2.83. The van der Waals surface area contributed by atoms with Crippen molar-refractivity contribution in [2.24, 2.45) is 0 Å². The fourth-order valence-corrected chi connectivity index (χ4v) is 1.68. The number of nitrogens with one attached hydrogen (secondary N) is 1. The van der Waals surface area contributed by atoms with E-state index in [-0.39, 0.29) is 5.91 Å². The molecule has 0 bridgehead atoms. The zero-order valence-electron chi connectivity index (χ0n) is 12.8. The number of hydrogen-bond acceptors (Lipinski definition) is 5. The molecule has 6 nitrogen and oxygen atoms in total. The number of carbonyl (C=O) groups is 2. The molecule has 6 heteroatoms. The minimum absolute atomic E-state index is 0.300. The first-order valence-electron chi connectivity index (χ1n) is 6.61. The van der Waals surface area contributed by atoms with Crippen LogP contribution in [-0.2, 0) is 14.3 Å². The molecular weight excluding hydrogens is 274 g/mol. The molecule has 0 saturated carbocycles. The van der Waals surface area contributed by atoms with Crippen molar-refractivity contribution in [3.8, 4) is 5.75 Å². The summed E-state index contributed by atoms with van der Waals surface area (Å²) in [6.07, 6.45) is -0.889. The van der Waals surface area contributed by atoms with Crippen LogP contribution in [0.5, 0.6) is 5.75 Å². The van der Waals surface area contributed by atoms with E-state index < -0.39 is 12.1 Å². The number of carbonyl (C=O) groups excluding carboxylic acids is 2. The van der Waals surface area contributed by atoms with Crippen molar-refractivity contribution < 1.29 is 23.8 Å². The van der Waals surface area contributed by atoms with Gasteiger partial charge in [0.1, 0.15) is 11.3 Å². The highest BCUT2D eigenvalue weighted by atomic mass is 16.5. The second-order valence-electron chi connectivity index (χ2n) is 4.54. The van der Waals surface area contributed by atoms with Gasteiger partial charge in [-0.05, 0) is 26.0 Å². The van der Waals surface area contributed by atoms with Gasteiger partial charge in [-0.15, -0.1) is 0 Å². The standard InChI is InChI=1S/C15H21NO5/c1-10-5-6-13(20-4)12(9-10)15(18)21-11(2)14(17)16-7-8-19-3/h5-6,9,11H,7-8H2,1-4H3,(H,16,17)/t11-/m0/s1. The molecule has 0 spiro atoms. The first-order valence-corrected chi connectivity index (χ1v) is 6.61. The van der Waals surface area contributed by atoms with Crippen LogP contribution < -0.4 is 10.1 Å². The Hall–Kier alpha value is -2.08. The third kappa shape index (κ3) is 5.07. The average Bonchev–Trinajstić information content (AvgIpc) is 2.47. The van der Waals surface area contributed by atoms with Crippen LogP contribution in [-0.4, -0.2) is 45.4 Å². The summed E-state index contributed by atoms with van der Waals surface area (Å²) in [5, 5.41) is 2.61. The van der Waals surface area contributed by atoms with E-state index in [2.05, 4.69) is 5.32 Å². The lowest BCUT2D eigenvalue weighted by Crippen LogP contribution is -2.37. The highest BCUT2D eigenvalue weighted by Crippen LogP contribution is 2.21. The molecule has 21 heavy (non-hydrogen) atoms. The molecule has 1 aromatic carbocycles. The molecule has 1 amide bonds. The number of aryl methyl sites for hydroxylation is 1. The van der Waals surface area contributed by atoms with Crippen LogP contribution in [0, 0.1) is 6.92 Å². The molecule has 0 fully saturated rings. The first-order chi connectivity index (χ1) is 9.99. The van der Waals surface area contributed by atoms with Crippen LogP contribution in [0.2, 0.25) is 0 Å². The molecular formula is C15H21NO5. The average molecular weight is 295 g/mol. The third-order valence-electron chi connectivity index (χ3n) is 2.83. The molecule has 0 unspecified atom stereocenters. The van der Waals surface area contributed by atoms with Crippen LogP contribution in [0.15, 0.2) is 18.2 Å². The number of benzene rings is 1. The van der Waals surface area contributed by atoms with Crippen molar-refractivity contribution in [1.29, 1.82) is 0 Å². The Bertz CT molecular complexity index is 501. The molecule has 0 aliphatic heterocycles. The van der Waals surface area contributed by atoms with Gasteiger partial charge in [-0.25, -0.2) is 4.79 Å². The summed E-state index contributed by atoms with van der Waals surface area (Å²) in [5.74, 6) is -0.547. The lowest BCUT2D eigenvalue weighted by molar-refractivity contribution is -0.129. The monoisotopic (exact) mass is 295 g/mol. The molecule has 0 heterocycles. The van der Waals surface area contributed by atoms with Crippen molar-refractivity contribution in [2.75, 3.05) is 27.4 Å². The maximum Gasteiger partial charge on any atom is 0.342 e. The quantitative estimate of drug-likeness (QED) is 0.606. The molecule has 1 N–H and O–H groups in total. The van der Waals surface area contributed by atoms with E-state index in [1.807, 2.05) is 13.0 Å². The molecule has 0 radical (unpaired) electrons. The largest absolute Gasteiger partial charge is 0.496 e. The smallest absolute Gasteiger partial charge is 0.342 e. The predicted octanol–water partition coefficient (Wildman–Crippen LogP) is 1.31. The minimum Gasteiger partial charge on any atom is -0.496 e. The summed E-state index contributed by atoms with van der Waals surface area (Å²) in [5.41, 5.74) is 1.20. The van der Waals surface area contributed by atoms with Gasteiger partial charge in [0.2, 0.25) is 0 Å². The van der Waals surface area contributed by atoms with Crippen LogP contribution >= 0.6 is 0 Å². The van der Waals surface area contributed by atoms with Crippen LogP contribution in [0.4, 0.5) is 0 Å². The second-order valence-corrected chi connectivity index (χ2v) is 4.54. The number of amides is 1. The SMILES string of the molecule is COCCNC(=O)[C@H](C)OC(=O)c1cc(C)ccc1OC. The summed E-state index contributed by atoms with van der Waals surface area (Å²) in [4.78, 5) is 23.8. The van der Waals surface area contributed by atoms with E-state index in [1.54, 1.807) is 19.2 Å². The Labute approximate surface area is 124 Å². The normalized spacial score (nSPS) is 11.6. The Morgan fingerprint density at radius 2 is 2.00 bits per heavy atom. The fourth-order valence-electron chi connectivity index (χ4n) is 1.68. The molecule has 0 aliphatic rings. The summed E-state index contributed by atoms with van der Waals surface area (Å²) < 4.78 is 15.1. The number of methoxy groups -OCH3 is 2. The van der Waals surface area contributed by atoms with Crippen molar-refractivity contribution >= 4 is 11.9 Å². The van der Waals surface area contributed by atoms with Crippen molar-refractivity contribution in [2.45, 2.75) is 20.0 Å². The highest BCUT2D eigenvalue weighted by Gasteiger charge is 2.21. The Morgan fingerprint density at radius 1 is 1.29 bits per heavy atom. The highest BCUT2D eigenvalue weighted by molar-refractivity contribution is 5.94. The Balaban J connectivity index is 2.68. The maximum absolute atomic E-state index is 12.1. The van der Waals surface area contributed by atoms with Gasteiger partial charge in [0.05, 0.1) is 13.7 Å². The lowest BCUT2D eigenvalue weighted by atomic mass is 10.1. The van der Waals surface area contributed by atoms with Crippen molar-refractivity contribution in [1.82, 2.24) is 5.32 Å². The summed E-state index contributed by atoms with van der Waals surface area (Å²) >= 11 is 0. The van der Waals surface area contributed by atoms with Crippen LogP contribution in [0.3, 0.4) is 0 Å².